The molecule has 0 radical (unpaired) electrons. The molecule has 0 aliphatic carbocycles. The molecule has 2 aliphatic heterocycles. The summed E-state index contributed by atoms with van der Waals surface area (Å²) in [7, 11) is 0. The Morgan fingerprint density at radius 1 is 1.23 bits per heavy atom. The summed E-state index contributed by atoms with van der Waals surface area (Å²) >= 11 is 0. The van der Waals surface area contributed by atoms with Crippen LogP contribution in [0.2, 0.25) is 0 Å². The molecule has 4 heterocycles. The number of benzene rings is 1. The van der Waals surface area contributed by atoms with Gasteiger partial charge in [-0.2, -0.15) is 0 Å². The van der Waals surface area contributed by atoms with Crippen LogP contribution >= 0.6 is 0 Å². The van der Waals surface area contributed by atoms with Gasteiger partial charge in [0, 0.05) is 19.4 Å². The number of nitrogens with zero attached hydrogens (tertiary/aromatic N) is 4. The number of pyridine rings is 1. The van der Waals surface area contributed by atoms with Crippen LogP contribution in [-0.4, -0.2) is 51.0 Å². The maximum absolute atomic E-state index is 13.2. The maximum Gasteiger partial charge on any atom is 0.258 e. The van der Waals surface area contributed by atoms with Crippen LogP contribution in [0.3, 0.4) is 0 Å². The second-order valence-electron chi connectivity index (χ2n) is 8.75. The Hall–Kier alpha value is -2.58. The largest absolute Gasteiger partial charge is 0.376 e. The molecular formula is C22H29N6O2+. The molecule has 8 heteroatoms. The van der Waals surface area contributed by atoms with Crippen molar-refractivity contribution in [2.24, 2.45) is 0 Å². The SMILES string of the molecule is Cc1cc(C)c2[nH]c(=O)c([C@@H](c3nnnn3C[C@H]3CCCO3)[NH+]3CCCC3)cc2c1. The number of tetrazole rings is 1. The molecule has 1 aromatic carbocycles. The van der Waals surface area contributed by atoms with E-state index in [9.17, 15) is 4.79 Å². The maximum atomic E-state index is 13.2. The van der Waals surface area contributed by atoms with E-state index in [0.717, 1.165) is 73.2 Å². The monoisotopic (exact) mass is 409 g/mol. The van der Waals surface area contributed by atoms with Crippen molar-refractivity contribution in [1.82, 2.24) is 25.2 Å². The summed E-state index contributed by atoms with van der Waals surface area (Å²) in [6.07, 6.45) is 4.55. The van der Waals surface area contributed by atoms with Gasteiger partial charge in [0.15, 0.2) is 6.04 Å². The van der Waals surface area contributed by atoms with E-state index in [2.05, 4.69) is 45.6 Å². The van der Waals surface area contributed by atoms with E-state index in [1.54, 1.807) is 0 Å². The Labute approximate surface area is 175 Å². The van der Waals surface area contributed by atoms with Gasteiger partial charge in [0.1, 0.15) is 0 Å². The number of aromatic amines is 1. The average molecular weight is 410 g/mol. The Balaban J connectivity index is 1.62. The van der Waals surface area contributed by atoms with E-state index in [-0.39, 0.29) is 17.7 Å². The first kappa shape index (κ1) is 19.4. The van der Waals surface area contributed by atoms with Gasteiger partial charge in [-0.3, -0.25) is 4.79 Å². The molecule has 2 aliphatic rings. The highest BCUT2D eigenvalue weighted by atomic mass is 16.5. The lowest BCUT2D eigenvalue weighted by Gasteiger charge is -2.24. The van der Waals surface area contributed by atoms with Crippen LogP contribution in [0.4, 0.5) is 0 Å². The Kier molecular flexibility index (Phi) is 5.12. The van der Waals surface area contributed by atoms with Crippen LogP contribution in [-0.2, 0) is 11.3 Å². The first-order chi connectivity index (χ1) is 14.6. The molecule has 30 heavy (non-hydrogen) atoms. The molecule has 5 rings (SSSR count). The van der Waals surface area contributed by atoms with Crippen molar-refractivity contribution >= 4 is 10.9 Å². The fraction of sp³-hybridized carbons (Fsp3) is 0.545. The van der Waals surface area contributed by atoms with Gasteiger partial charge >= 0.3 is 0 Å². The van der Waals surface area contributed by atoms with Crippen molar-refractivity contribution in [2.45, 2.75) is 58.2 Å². The van der Waals surface area contributed by atoms with Crippen LogP contribution in [0.5, 0.6) is 0 Å². The average Bonchev–Trinajstić information content (AvgIpc) is 3.48. The summed E-state index contributed by atoms with van der Waals surface area (Å²) in [6.45, 7) is 7.59. The summed E-state index contributed by atoms with van der Waals surface area (Å²) in [5.41, 5.74) is 3.87. The predicted molar refractivity (Wildman–Crippen MR) is 113 cm³/mol. The van der Waals surface area contributed by atoms with E-state index in [1.165, 1.54) is 10.5 Å². The number of H-pyrrole nitrogens is 1. The van der Waals surface area contributed by atoms with E-state index in [4.69, 9.17) is 4.74 Å². The highest BCUT2D eigenvalue weighted by Gasteiger charge is 2.36. The fourth-order valence-corrected chi connectivity index (χ4v) is 5.11. The van der Waals surface area contributed by atoms with Gasteiger partial charge in [-0.15, -0.1) is 5.10 Å². The molecule has 2 saturated heterocycles. The van der Waals surface area contributed by atoms with E-state index >= 15 is 0 Å². The Morgan fingerprint density at radius 3 is 2.83 bits per heavy atom. The normalized spacial score (nSPS) is 20.9. The zero-order valence-corrected chi connectivity index (χ0v) is 17.6. The summed E-state index contributed by atoms with van der Waals surface area (Å²) < 4.78 is 7.67. The number of rotatable bonds is 5. The van der Waals surface area contributed by atoms with Gasteiger partial charge in [-0.05, 0) is 60.2 Å². The third-order valence-corrected chi connectivity index (χ3v) is 6.51. The van der Waals surface area contributed by atoms with Gasteiger partial charge in [-0.1, -0.05) is 11.6 Å². The Bertz CT molecular complexity index is 1110. The molecule has 0 bridgehead atoms. The van der Waals surface area contributed by atoms with E-state index in [1.807, 2.05) is 11.6 Å². The summed E-state index contributed by atoms with van der Waals surface area (Å²) in [5, 5.41) is 13.7. The van der Waals surface area contributed by atoms with Crippen LogP contribution in [0, 0.1) is 13.8 Å². The van der Waals surface area contributed by atoms with E-state index < -0.39 is 0 Å². The fourth-order valence-electron chi connectivity index (χ4n) is 5.11. The lowest BCUT2D eigenvalue weighted by Crippen LogP contribution is -3.10. The molecule has 0 unspecified atom stereocenters. The quantitative estimate of drug-likeness (QED) is 0.658. The number of likely N-dealkylation sites (tertiary alicyclic amines) is 1. The van der Waals surface area contributed by atoms with E-state index in [0.29, 0.717) is 6.54 Å². The van der Waals surface area contributed by atoms with Crippen molar-refractivity contribution in [3.8, 4) is 0 Å². The van der Waals surface area contributed by atoms with Crippen LogP contribution in [0.15, 0.2) is 23.0 Å². The molecular weight excluding hydrogens is 380 g/mol. The zero-order chi connectivity index (χ0) is 20.7. The highest BCUT2D eigenvalue weighted by Crippen LogP contribution is 2.23. The lowest BCUT2D eigenvalue weighted by molar-refractivity contribution is -0.914. The zero-order valence-electron chi connectivity index (χ0n) is 17.6. The number of ether oxygens (including phenoxy) is 1. The first-order valence-electron chi connectivity index (χ1n) is 11.0. The summed E-state index contributed by atoms with van der Waals surface area (Å²) in [4.78, 5) is 17.7. The number of hydrogen-bond acceptors (Lipinski definition) is 5. The molecule has 2 atom stereocenters. The highest BCUT2D eigenvalue weighted by molar-refractivity contribution is 5.83. The third-order valence-electron chi connectivity index (χ3n) is 6.51. The Morgan fingerprint density at radius 2 is 2.07 bits per heavy atom. The molecule has 158 valence electrons. The predicted octanol–water partition coefficient (Wildman–Crippen LogP) is 1.08. The lowest BCUT2D eigenvalue weighted by atomic mass is 10.0. The van der Waals surface area contributed by atoms with Crippen LogP contribution in [0.25, 0.3) is 10.9 Å². The minimum atomic E-state index is -0.183. The smallest absolute Gasteiger partial charge is 0.258 e. The minimum Gasteiger partial charge on any atom is -0.376 e. The number of fused-ring (bicyclic) bond motifs is 1. The van der Waals surface area contributed by atoms with Crippen molar-refractivity contribution in [2.75, 3.05) is 19.7 Å². The number of hydrogen-bond donors (Lipinski definition) is 2. The van der Waals surface area contributed by atoms with Crippen LogP contribution < -0.4 is 10.5 Å². The van der Waals surface area contributed by atoms with Crippen molar-refractivity contribution < 1.29 is 9.64 Å². The molecule has 0 amide bonds. The molecule has 8 nitrogen and oxygen atoms in total. The number of nitrogens with one attached hydrogen (secondary N) is 2. The number of quaternary nitrogens is 1. The van der Waals surface area contributed by atoms with Gasteiger partial charge in [-0.25, -0.2) is 4.68 Å². The number of aryl methyl sites for hydroxylation is 2. The molecule has 2 aromatic heterocycles. The van der Waals surface area contributed by atoms with Gasteiger partial charge in [0.05, 0.1) is 36.8 Å². The number of aromatic nitrogens is 5. The van der Waals surface area contributed by atoms with Gasteiger partial charge < -0.3 is 14.6 Å². The summed E-state index contributed by atoms with van der Waals surface area (Å²) in [6, 6.07) is 6.10. The topological polar surface area (TPSA) is 90.1 Å². The third kappa shape index (κ3) is 3.54. The first-order valence-corrected chi connectivity index (χ1v) is 11.0. The van der Waals surface area contributed by atoms with Crippen LogP contribution in [0.1, 0.15) is 54.2 Å². The van der Waals surface area contributed by atoms with Crippen molar-refractivity contribution in [3.63, 3.8) is 0 Å². The second-order valence-corrected chi connectivity index (χ2v) is 8.75. The van der Waals surface area contributed by atoms with Crippen molar-refractivity contribution in [3.05, 3.63) is 51.1 Å². The molecule has 3 aromatic rings. The van der Waals surface area contributed by atoms with Gasteiger partial charge in [0.2, 0.25) is 5.82 Å². The molecule has 0 saturated carbocycles. The summed E-state index contributed by atoms with van der Waals surface area (Å²) in [5.74, 6) is 0.761. The van der Waals surface area contributed by atoms with Gasteiger partial charge in [0.25, 0.3) is 5.56 Å². The standard InChI is InChI=1S/C22H28N6O2/c1-14-10-15(2)19-16(11-14)12-18(22(29)23-19)20(27-7-3-4-8-27)21-24-25-26-28(21)13-17-6-5-9-30-17/h10-12,17,20H,3-9,13H2,1-2H3,(H,23,29)/p+1/t17-,20+/m1/s1. The molecule has 2 fully saturated rings. The minimum absolute atomic E-state index is 0.0504. The molecule has 2 N–H and O–H groups in total. The molecule has 0 spiro atoms. The van der Waals surface area contributed by atoms with Crippen molar-refractivity contribution in [1.29, 1.82) is 0 Å². The second kappa shape index (κ2) is 7.92.